The van der Waals surface area contributed by atoms with Gasteiger partial charge in [0.15, 0.2) is 0 Å². The van der Waals surface area contributed by atoms with Crippen molar-refractivity contribution in [3.05, 3.63) is 0 Å². The summed E-state index contributed by atoms with van der Waals surface area (Å²) in [4.78, 5) is 0. The zero-order valence-electron chi connectivity index (χ0n) is 4.71. The predicted octanol–water partition coefficient (Wildman–Crippen LogP) is -0.806. The lowest BCUT2D eigenvalue weighted by atomic mass is 10.5. The molecule has 0 aromatic heterocycles. The summed E-state index contributed by atoms with van der Waals surface area (Å²) in [5.74, 6) is 6.53. The second-order valence-corrected chi connectivity index (χ2v) is 3.25. The van der Waals surface area contributed by atoms with Gasteiger partial charge in [0.1, 0.15) is 0 Å². The van der Waals surface area contributed by atoms with Gasteiger partial charge in [-0.1, -0.05) is 0 Å². The second-order valence-electron chi connectivity index (χ2n) is 1.90. The number of rotatable bonds is 0. The molecule has 0 radical (unpaired) electrons. The summed E-state index contributed by atoms with van der Waals surface area (Å²) < 4.78 is 0. The molecule has 0 spiro atoms. The third-order valence-corrected chi connectivity index (χ3v) is 2.12. The molecule has 4 heteroatoms. The Labute approximate surface area is 53.4 Å². The molecule has 1 saturated heterocycles. The molecule has 1 atom stereocenters. The van der Waals surface area contributed by atoms with Gasteiger partial charge in [0.25, 0.3) is 0 Å². The lowest BCUT2D eigenvalue weighted by Gasteiger charge is -2.25. The first kappa shape index (κ1) is 6.35. The summed E-state index contributed by atoms with van der Waals surface area (Å²) in [7, 11) is 0. The Bertz CT molecular complexity index is 69.7. The van der Waals surface area contributed by atoms with Gasteiger partial charge >= 0.3 is 0 Å². The molecule has 8 heavy (non-hydrogen) atoms. The largest absolute Gasteiger partial charge is 0.318 e. The van der Waals surface area contributed by atoms with Crippen LogP contribution in [0.2, 0.25) is 0 Å². The molecule has 0 saturated carbocycles. The van der Waals surface area contributed by atoms with E-state index in [1.807, 2.05) is 0 Å². The molecule has 3 nitrogen and oxygen atoms in total. The van der Waals surface area contributed by atoms with Crippen molar-refractivity contribution >= 4 is 11.8 Å². The van der Waals surface area contributed by atoms with Crippen molar-refractivity contribution in [2.75, 3.05) is 18.8 Å². The maximum absolute atomic E-state index is 5.57. The van der Waals surface area contributed by atoms with Crippen LogP contribution in [0.1, 0.15) is 0 Å². The monoisotopic (exact) mass is 133 g/mol. The van der Waals surface area contributed by atoms with E-state index in [1.54, 1.807) is 16.8 Å². The number of nitrogens with zero attached hydrogens (tertiary/aromatic N) is 1. The molecule has 1 aliphatic rings. The molecule has 0 aliphatic carbocycles. The van der Waals surface area contributed by atoms with Crippen LogP contribution in [0.25, 0.3) is 0 Å². The van der Waals surface area contributed by atoms with Gasteiger partial charge in [-0.2, -0.15) is 0 Å². The standard InChI is InChI=1S/C4H11N3S/c5-4-3-7(6)1-2-8-4/h4H,1-3,5-6H2. The van der Waals surface area contributed by atoms with E-state index in [-0.39, 0.29) is 5.37 Å². The van der Waals surface area contributed by atoms with E-state index in [0.717, 1.165) is 18.8 Å². The van der Waals surface area contributed by atoms with Gasteiger partial charge < -0.3 is 5.73 Å². The third kappa shape index (κ3) is 1.63. The van der Waals surface area contributed by atoms with Crippen LogP contribution in [0.4, 0.5) is 0 Å². The molecule has 0 aromatic rings. The second kappa shape index (κ2) is 2.68. The van der Waals surface area contributed by atoms with Crippen molar-refractivity contribution in [1.82, 2.24) is 5.01 Å². The van der Waals surface area contributed by atoms with Gasteiger partial charge in [0, 0.05) is 18.8 Å². The van der Waals surface area contributed by atoms with Crippen LogP contribution in [0.3, 0.4) is 0 Å². The molecule has 0 aromatic carbocycles. The number of hydrogen-bond donors (Lipinski definition) is 2. The SMILES string of the molecule is NC1CN(N)CCS1. The summed E-state index contributed by atoms with van der Waals surface area (Å²) in [6.45, 7) is 1.79. The first-order valence-corrected chi connectivity index (χ1v) is 3.71. The minimum atomic E-state index is 0.230. The van der Waals surface area contributed by atoms with Gasteiger partial charge in [0.05, 0.1) is 5.37 Å². The number of hydrogen-bond acceptors (Lipinski definition) is 4. The van der Waals surface area contributed by atoms with E-state index in [9.17, 15) is 0 Å². The van der Waals surface area contributed by atoms with Gasteiger partial charge in [-0.05, 0) is 0 Å². The summed E-state index contributed by atoms with van der Waals surface area (Å²) in [6, 6.07) is 0. The smallest absolute Gasteiger partial charge is 0.0650 e. The minimum absolute atomic E-state index is 0.230. The molecule has 0 amide bonds. The molecule has 1 rings (SSSR count). The van der Waals surface area contributed by atoms with Crippen molar-refractivity contribution in [3.63, 3.8) is 0 Å². The van der Waals surface area contributed by atoms with Crippen molar-refractivity contribution in [2.24, 2.45) is 11.6 Å². The van der Waals surface area contributed by atoms with Crippen LogP contribution in [0.15, 0.2) is 0 Å². The van der Waals surface area contributed by atoms with E-state index in [4.69, 9.17) is 11.6 Å². The average Bonchev–Trinajstić information content (AvgIpc) is 1.64. The van der Waals surface area contributed by atoms with Gasteiger partial charge in [-0.15, -0.1) is 11.8 Å². The average molecular weight is 133 g/mol. The zero-order chi connectivity index (χ0) is 5.98. The molecule has 48 valence electrons. The van der Waals surface area contributed by atoms with E-state index in [1.165, 1.54) is 0 Å². The van der Waals surface area contributed by atoms with Crippen LogP contribution in [-0.2, 0) is 0 Å². The Balaban J connectivity index is 2.23. The lowest BCUT2D eigenvalue weighted by Crippen LogP contribution is -2.45. The highest BCUT2D eigenvalue weighted by Gasteiger charge is 2.12. The predicted molar refractivity (Wildman–Crippen MR) is 36.2 cm³/mol. The Morgan fingerprint density at radius 1 is 1.62 bits per heavy atom. The van der Waals surface area contributed by atoms with E-state index < -0.39 is 0 Å². The highest BCUT2D eigenvalue weighted by atomic mass is 32.2. The Morgan fingerprint density at radius 3 is 2.75 bits per heavy atom. The van der Waals surface area contributed by atoms with Crippen molar-refractivity contribution in [2.45, 2.75) is 5.37 Å². The van der Waals surface area contributed by atoms with Gasteiger partial charge in [-0.25, -0.2) is 5.01 Å². The first-order chi connectivity index (χ1) is 3.79. The van der Waals surface area contributed by atoms with Crippen LogP contribution in [0, 0.1) is 0 Å². The minimum Gasteiger partial charge on any atom is -0.318 e. The van der Waals surface area contributed by atoms with Crippen molar-refractivity contribution in [1.29, 1.82) is 0 Å². The molecular formula is C4H11N3S. The maximum atomic E-state index is 5.57. The number of nitrogens with two attached hydrogens (primary N) is 2. The normalized spacial score (nSPS) is 33.0. The molecule has 1 aliphatic heterocycles. The molecular weight excluding hydrogens is 122 g/mol. The van der Waals surface area contributed by atoms with Gasteiger partial charge in [0.2, 0.25) is 0 Å². The third-order valence-electron chi connectivity index (χ3n) is 1.12. The molecule has 1 fully saturated rings. The summed E-state index contributed by atoms with van der Waals surface area (Å²) in [5.41, 5.74) is 5.57. The van der Waals surface area contributed by atoms with Gasteiger partial charge in [-0.3, -0.25) is 5.84 Å². The molecule has 1 unspecified atom stereocenters. The van der Waals surface area contributed by atoms with E-state index in [0.29, 0.717) is 0 Å². The Kier molecular flexibility index (Phi) is 2.13. The number of hydrazine groups is 1. The van der Waals surface area contributed by atoms with Crippen LogP contribution >= 0.6 is 11.8 Å². The summed E-state index contributed by atoms with van der Waals surface area (Å²) in [6.07, 6.45) is 0. The molecule has 1 heterocycles. The Morgan fingerprint density at radius 2 is 2.38 bits per heavy atom. The Hall–Kier alpha value is 0.230. The fraction of sp³-hybridized carbons (Fsp3) is 1.00. The maximum Gasteiger partial charge on any atom is 0.0650 e. The summed E-state index contributed by atoms with van der Waals surface area (Å²) in [5, 5.41) is 2.00. The highest BCUT2D eigenvalue weighted by molar-refractivity contribution is 7.99. The quantitative estimate of drug-likeness (QED) is 0.424. The first-order valence-electron chi connectivity index (χ1n) is 2.66. The highest BCUT2D eigenvalue weighted by Crippen LogP contribution is 2.10. The van der Waals surface area contributed by atoms with Crippen LogP contribution < -0.4 is 11.6 Å². The topological polar surface area (TPSA) is 55.3 Å². The summed E-state index contributed by atoms with van der Waals surface area (Å²) >= 11 is 1.78. The van der Waals surface area contributed by atoms with Crippen molar-refractivity contribution in [3.8, 4) is 0 Å². The molecule has 0 bridgehead atoms. The van der Waals surface area contributed by atoms with Crippen LogP contribution in [0.5, 0.6) is 0 Å². The lowest BCUT2D eigenvalue weighted by molar-refractivity contribution is 0.295. The van der Waals surface area contributed by atoms with E-state index >= 15 is 0 Å². The van der Waals surface area contributed by atoms with Crippen LogP contribution in [-0.4, -0.2) is 29.2 Å². The molecule has 4 N–H and O–H groups in total. The van der Waals surface area contributed by atoms with E-state index in [2.05, 4.69) is 0 Å². The fourth-order valence-electron chi connectivity index (χ4n) is 0.696. The zero-order valence-corrected chi connectivity index (χ0v) is 5.53. The number of thioether (sulfide) groups is 1. The fourth-order valence-corrected chi connectivity index (χ4v) is 1.64. The van der Waals surface area contributed by atoms with Crippen molar-refractivity contribution < 1.29 is 0 Å².